The topological polar surface area (TPSA) is 80.5 Å². The van der Waals surface area contributed by atoms with E-state index in [0.29, 0.717) is 53.9 Å². The first kappa shape index (κ1) is 22.6. The number of piperazine rings is 1. The number of rotatable bonds is 3. The fourth-order valence-corrected chi connectivity index (χ4v) is 5.04. The van der Waals surface area contributed by atoms with Crippen molar-refractivity contribution < 1.29 is 14.3 Å². The van der Waals surface area contributed by atoms with E-state index >= 15 is 4.39 Å². The number of halogens is 2. The summed E-state index contributed by atoms with van der Waals surface area (Å²) in [6, 6.07) is 13.9. The number of benzene rings is 3. The van der Waals surface area contributed by atoms with E-state index in [2.05, 4.69) is 17.6 Å². The molecule has 4 aromatic rings. The Morgan fingerprint density at radius 1 is 1.17 bits per heavy atom. The third-order valence-electron chi connectivity index (χ3n) is 6.34. The van der Waals surface area contributed by atoms with Crippen LogP contribution in [0, 0.1) is 17.1 Å². The Morgan fingerprint density at radius 3 is 2.63 bits per heavy atom. The van der Waals surface area contributed by atoms with Crippen molar-refractivity contribution in [2.45, 2.75) is 0 Å². The van der Waals surface area contributed by atoms with Gasteiger partial charge in [0.15, 0.2) is 0 Å². The van der Waals surface area contributed by atoms with Crippen molar-refractivity contribution in [3.63, 3.8) is 0 Å². The highest BCUT2D eigenvalue weighted by atomic mass is 35.5. The van der Waals surface area contributed by atoms with E-state index in [4.69, 9.17) is 11.6 Å². The Bertz CT molecular complexity index is 1560. The number of carbonyl (C=O) groups is 1. The van der Waals surface area contributed by atoms with E-state index < -0.39 is 5.82 Å². The number of aromatic nitrogens is 1. The van der Waals surface area contributed by atoms with Crippen LogP contribution in [0.15, 0.2) is 61.3 Å². The van der Waals surface area contributed by atoms with Crippen LogP contribution in [-0.4, -0.2) is 47.1 Å². The molecular weight excluding hydrogens is 467 g/mol. The molecule has 0 unspecified atom stereocenters. The first-order chi connectivity index (χ1) is 16.9. The van der Waals surface area contributed by atoms with Crippen LogP contribution in [0.4, 0.5) is 10.1 Å². The van der Waals surface area contributed by atoms with Crippen molar-refractivity contribution in [2.24, 2.45) is 0 Å². The number of nitriles is 1. The van der Waals surface area contributed by atoms with Crippen molar-refractivity contribution in [3.05, 3.63) is 77.7 Å². The van der Waals surface area contributed by atoms with Crippen LogP contribution in [0.3, 0.4) is 0 Å². The average Bonchev–Trinajstić information content (AvgIpc) is 2.87. The number of carbonyl (C=O) groups excluding carboxylic acids is 1. The maximum Gasteiger partial charge on any atom is 0.246 e. The lowest BCUT2D eigenvalue weighted by Crippen LogP contribution is -2.48. The third-order valence-corrected chi connectivity index (χ3v) is 6.71. The number of phenols is 1. The predicted octanol–water partition coefficient (Wildman–Crippen LogP) is 5.26. The molecule has 6 nitrogen and oxygen atoms in total. The zero-order valence-electron chi connectivity index (χ0n) is 18.6. The summed E-state index contributed by atoms with van der Waals surface area (Å²) in [6.45, 7) is 5.35. The summed E-state index contributed by atoms with van der Waals surface area (Å²) in [7, 11) is 0. The Morgan fingerprint density at radius 2 is 1.91 bits per heavy atom. The van der Waals surface area contributed by atoms with E-state index in [-0.39, 0.29) is 22.2 Å². The molecule has 1 aliphatic heterocycles. The second kappa shape index (κ2) is 8.90. The molecule has 8 heteroatoms. The number of amides is 1. The fourth-order valence-electron chi connectivity index (χ4n) is 4.70. The molecule has 1 fully saturated rings. The Hall–Kier alpha value is -4.15. The van der Waals surface area contributed by atoms with Gasteiger partial charge in [-0.1, -0.05) is 42.4 Å². The van der Waals surface area contributed by atoms with Crippen molar-refractivity contribution in [1.82, 2.24) is 9.88 Å². The molecular formula is C27H20ClFN4O2. The molecule has 0 radical (unpaired) electrons. The molecule has 1 aliphatic rings. The van der Waals surface area contributed by atoms with E-state index in [1.807, 2.05) is 29.2 Å². The lowest BCUT2D eigenvalue weighted by atomic mass is 9.95. The maximum atomic E-state index is 15.8. The SMILES string of the molecule is C=CC(=O)N1CCN(c2c(C#N)cnc3c(Cl)c(-c4cc(O)cc5ccccc45)c(F)cc23)CC1. The van der Waals surface area contributed by atoms with Crippen molar-refractivity contribution in [2.75, 3.05) is 31.1 Å². The van der Waals surface area contributed by atoms with Gasteiger partial charge in [-0.15, -0.1) is 0 Å². The summed E-state index contributed by atoms with van der Waals surface area (Å²) in [4.78, 5) is 20.0. The number of hydrogen-bond donors (Lipinski definition) is 1. The number of anilines is 1. The molecule has 1 saturated heterocycles. The van der Waals surface area contributed by atoms with E-state index in [9.17, 15) is 15.2 Å². The summed E-state index contributed by atoms with van der Waals surface area (Å²) in [5, 5.41) is 22.0. The summed E-state index contributed by atoms with van der Waals surface area (Å²) >= 11 is 6.77. The van der Waals surface area contributed by atoms with E-state index in [1.165, 1.54) is 24.4 Å². The molecule has 1 aromatic heterocycles. The summed E-state index contributed by atoms with van der Waals surface area (Å²) in [5.41, 5.74) is 1.78. The molecule has 0 saturated carbocycles. The normalized spacial score (nSPS) is 13.7. The highest BCUT2D eigenvalue weighted by Gasteiger charge is 2.26. The van der Waals surface area contributed by atoms with Gasteiger partial charge in [0, 0.05) is 43.3 Å². The monoisotopic (exact) mass is 486 g/mol. The summed E-state index contributed by atoms with van der Waals surface area (Å²) < 4.78 is 15.8. The zero-order valence-corrected chi connectivity index (χ0v) is 19.4. The summed E-state index contributed by atoms with van der Waals surface area (Å²) in [5.74, 6) is -0.742. The number of pyridine rings is 1. The highest BCUT2D eigenvalue weighted by molar-refractivity contribution is 6.38. The largest absolute Gasteiger partial charge is 0.508 e. The first-order valence-corrected chi connectivity index (χ1v) is 11.4. The Kier molecular flexibility index (Phi) is 5.75. The predicted molar refractivity (Wildman–Crippen MR) is 135 cm³/mol. The van der Waals surface area contributed by atoms with Crippen molar-refractivity contribution >= 4 is 44.9 Å². The Labute approximate surface area is 206 Å². The van der Waals surface area contributed by atoms with Gasteiger partial charge in [-0.3, -0.25) is 9.78 Å². The van der Waals surface area contributed by atoms with Crippen LogP contribution < -0.4 is 4.90 Å². The van der Waals surface area contributed by atoms with Gasteiger partial charge in [0.05, 0.1) is 21.8 Å². The molecule has 1 amide bonds. The van der Waals surface area contributed by atoms with Crippen LogP contribution in [0.1, 0.15) is 5.56 Å². The maximum absolute atomic E-state index is 15.8. The molecule has 3 aromatic carbocycles. The van der Waals surface area contributed by atoms with Crippen LogP contribution in [0.25, 0.3) is 32.8 Å². The zero-order chi connectivity index (χ0) is 24.7. The lowest BCUT2D eigenvalue weighted by molar-refractivity contribution is -0.126. The van der Waals surface area contributed by atoms with E-state index in [1.54, 1.807) is 11.0 Å². The van der Waals surface area contributed by atoms with Crippen LogP contribution in [0.2, 0.25) is 5.02 Å². The van der Waals surface area contributed by atoms with Gasteiger partial charge in [0.1, 0.15) is 17.6 Å². The molecule has 0 aliphatic carbocycles. The molecule has 0 atom stereocenters. The summed E-state index contributed by atoms with van der Waals surface area (Å²) in [6.07, 6.45) is 2.72. The second-order valence-corrected chi connectivity index (χ2v) is 8.68. The van der Waals surface area contributed by atoms with Gasteiger partial charge < -0.3 is 14.9 Å². The number of aromatic hydroxyl groups is 1. The number of nitrogens with zero attached hydrogens (tertiary/aromatic N) is 4. The first-order valence-electron chi connectivity index (χ1n) is 11.0. The second-order valence-electron chi connectivity index (χ2n) is 8.31. The minimum atomic E-state index is -0.586. The van der Waals surface area contributed by atoms with Crippen LogP contribution >= 0.6 is 11.6 Å². The van der Waals surface area contributed by atoms with Gasteiger partial charge in [-0.2, -0.15) is 5.26 Å². The number of fused-ring (bicyclic) bond motifs is 2. The molecule has 35 heavy (non-hydrogen) atoms. The molecule has 0 bridgehead atoms. The van der Waals surface area contributed by atoms with E-state index in [0.717, 1.165) is 10.8 Å². The van der Waals surface area contributed by atoms with Gasteiger partial charge in [0.25, 0.3) is 0 Å². The number of hydrogen-bond acceptors (Lipinski definition) is 5. The number of phenolic OH excluding ortho intramolecular Hbond substituents is 1. The van der Waals surface area contributed by atoms with Crippen LogP contribution in [0.5, 0.6) is 5.75 Å². The highest BCUT2D eigenvalue weighted by Crippen LogP contribution is 2.43. The third kappa shape index (κ3) is 3.82. The lowest BCUT2D eigenvalue weighted by Gasteiger charge is -2.36. The molecule has 0 spiro atoms. The fraction of sp³-hybridized carbons (Fsp3) is 0.148. The average molecular weight is 487 g/mol. The van der Waals surface area contributed by atoms with Crippen LogP contribution in [-0.2, 0) is 4.79 Å². The Balaban J connectivity index is 1.69. The smallest absolute Gasteiger partial charge is 0.246 e. The van der Waals surface area contributed by atoms with Gasteiger partial charge in [-0.25, -0.2) is 4.39 Å². The minimum absolute atomic E-state index is 0.00492. The molecule has 2 heterocycles. The van der Waals surface area contributed by atoms with Gasteiger partial charge in [-0.05, 0) is 40.6 Å². The quantitative estimate of drug-likeness (QED) is 0.399. The van der Waals surface area contributed by atoms with Crippen molar-refractivity contribution in [3.8, 4) is 22.9 Å². The molecule has 1 N–H and O–H groups in total. The molecule has 174 valence electrons. The standard InChI is InChI=1S/C27H20ClFN4O2/c1-2-23(35)32-7-9-33(10-8-32)27-17(14-30)15-31-26-21(27)13-22(29)24(25(26)28)20-12-18(34)11-16-5-3-4-6-19(16)20/h2-6,11-13,15,34H,1,7-10H2. The van der Waals surface area contributed by atoms with Crippen molar-refractivity contribution in [1.29, 1.82) is 5.26 Å². The van der Waals surface area contributed by atoms with Gasteiger partial charge in [0.2, 0.25) is 5.91 Å². The molecule has 5 rings (SSSR count). The minimum Gasteiger partial charge on any atom is -0.508 e. The van der Waals surface area contributed by atoms with Gasteiger partial charge >= 0.3 is 0 Å².